The largest absolute Gasteiger partial charge is 0.467 e. The number of carbonyl (C=O) groups is 1. The maximum absolute atomic E-state index is 11.8. The van der Waals surface area contributed by atoms with Crippen LogP contribution in [0.15, 0.2) is 47.1 Å². The number of benzene rings is 1. The summed E-state index contributed by atoms with van der Waals surface area (Å²) >= 11 is 12.0. The first-order valence-corrected chi connectivity index (χ1v) is 6.79. The van der Waals surface area contributed by atoms with Crippen molar-refractivity contribution in [2.75, 3.05) is 0 Å². The molecular formula is C15H13Cl2NO2. The minimum absolute atomic E-state index is 0.205. The van der Waals surface area contributed by atoms with Gasteiger partial charge in [0.25, 0.3) is 0 Å². The molecule has 0 saturated carbocycles. The molecule has 0 bridgehead atoms. The van der Waals surface area contributed by atoms with Gasteiger partial charge in [0, 0.05) is 21.7 Å². The van der Waals surface area contributed by atoms with E-state index >= 15 is 0 Å². The smallest absolute Gasteiger partial charge is 0.244 e. The van der Waals surface area contributed by atoms with Gasteiger partial charge in [-0.2, -0.15) is 0 Å². The SMILES string of the molecule is C[C@@H](NC(=O)/C=C/c1c(Cl)cccc1Cl)c1ccco1. The van der Waals surface area contributed by atoms with Crippen LogP contribution in [-0.4, -0.2) is 5.91 Å². The molecule has 1 N–H and O–H groups in total. The quantitative estimate of drug-likeness (QED) is 0.846. The van der Waals surface area contributed by atoms with E-state index < -0.39 is 0 Å². The average molecular weight is 310 g/mol. The summed E-state index contributed by atoms with van der Waals surface area (Å²) in [6, 6.07) is 8.56. The lowest BCUT2D eigenvalue weighted by atomic mass is 10.2. The van der Waals surface area contributed by atoms with Crippen LogP contribution in [-0.2, 0) is 4.79 Å². The normalized spacial score (nSPS) is 12.6. The summed E-state index contributed by atoms with van der Waals surface area (Å²) in [4.78, 5) is 11.8. The van der Waals surface area contributed by atoms with Crippen LogP contribution >= 0.6 is 23.2 Å². The highest BCUT2D eigenvalue weighted by Crippen LogP contribution is 2.25. The number of rotatable bonds is 4. The van der Waals surface area contributed by atoms with Crippen molar-refractivity contribution in [3.8, 4) is 0 Å². The van der Waals surface area contributed by atoms with E-state index in [2.05, 4.69) is 5.32 Å². The monoisotopic (exact) mass is 309 g/mol. The van der Waals surface area contributed by atoms with E-state index in [4.69, 9.17) is 27.6 Å². The minimum atomic E-state index is -0.245. The number of hydrogen-bond acceptors (Lipinski definition) is 2. The molecule has 5 heteroatoms. The van der Waals surface area contributed by atoms with Gasteiger partial charge in [-0.05, 0) is 37.3 Å². The second-order valence-electron chi connectivity index (χ2n) is 4.21. The lowest BCUT2D eigenvalue weighted by Gasteiger charge is -2.09. The molecule has 0 fully saturated rings. The Hall–Kier alpha value is -1.71. The van der Waals surface area contributed by atoms with E-state index in [1.54, 1.807) is 42.7 Å². The first-order valence-electron chi connectivity index (χ1n) is 6.04. The van der Waals surface area contributed by atoms with Crippen LogP contribution in [0.2, 0.25) is 10.0 Å². The van der Waals surface area contributed by atoms with Gasteiger partial charge in [0.1, 0.15) is 5.76 Å². The zero-order chi connectivity index (χ0) is 14.5. The first kappa shape index (κ1) is 14.7. The van der Waals surface area contributed by atoms with Gasteiger partial charge in [-0.15, -0.1) is 0 Å². The highest BCUT2D eigenvalue weighted by Gasteiger charge is 2.10. The van der Waals surface area contributed by atoms with Crippen molar-refractivity contribution in [1.29, 1.82) is 0 Å². The standard InChI is InChI=1S/C15H13Cl2NO2/c1-10(14-6-3-9-20-14)18-15(19)8-7-11-12(16)4-2-5-13(11)17/h2-10H,1H3,(H,18,19)/b8-7+/t10-/m1/s1. The molecule has 0 aliphatic rings. The van der Waals surface area contributed by atoms with E-state index in [1.165, 1.54) is 6.08 Å². The van der Waals surface area contributed by atoms with Crippen molar-refractivity contribution >= 4 is 35.2 Å². The second-order valence-corrected chi connectivity index (χ2v) is 5.03. The highest BCUT2D eigenvalue weighted by atomic mass is 35.5. The summed E-state index contributed by atoms with van der Waals surface area (Å²) in [5.41, 5.74) is 0.622. The van der Waals surface area contributed by atoms with Crippen molar-refractivity contribution < 1.29 is 9.21 Å². The lowest BCUT2D eigenvalue weighted by Crippen LogP contribution is -2.24. The summed E-state index contributed by atoms with van der Waals surface area (Å²) in [5, 5.41) is 3.79. The Labute approximate surface area is 127 Å². The molecule has 1 aromatic carbocycles. The molecule has 0 spiro atoms. The van der Waals surface area contributed by atoms with Gasteiger partial charge in [0.05, 0.1) is 12.3 Å². The molecule has 20 heavy (non-hydrogen) atoms. The van der Waals surface area contributed by atoms with Crippen LogP contribution in [0.5, 0.6) is 0 Å². The van der Waals surface area contributed by atoms with Crippen LogP contribution in [0, 0.1) is 0 Å². The van der Waals surface area contributed by atoms with Crippen molar-refractivity contribution in [3.63, 3.8) is 0 Å². The zero-order valence-corrected chi connectivity index (χ0v) is 12.3. The number of carbonyl (C=O) groups excluding carboxylic acids is 1. The van der Waals surface area contributed by atoms with Crippen LogP contribution in [0.1, 0.15) is 24.3 Å². The number of nitrogens with one attached hydrogen (secondary N) is 1. The Balaban J connectivity index is 2.03. The van der Waals surface area contributed by atoms with Crippen LogP contribution in [0.3, 0.4) is 0 Å². The molecule has 104 valence electrons. The van der Waals surface area contributed by atoms with E-state index in [9.17, 15) is 4.79 Å². The van der Waals surface area contributed by atoms with Crippen molar-refractivity contribution in [2.24, 2.45) is 0 Å². The molecule has 2 rings (SSSR count). The highest BCUT2D eigenvalue weighted by molar-refractivity contribution is 6.37. The van der Waals surface area contributed by atoms with Crippen LogP contribution in [0.4, 0.5) is 0 Å². The fourth-order valence-corrected chi connectivity index (χ4v) is 2.22. The molecular weight excluding hydrogens is 297 g/mol. The lowest BCUT2D eigenvalue weighted by molar-refractivity contribution is -0.117. The predicted octanol–water partition coefficient (Wildman–Crippen LogP) is 4.48. The van der Waals surface area contributed by atoms with E-state index in [0.29, 0.717) is 21.4 Å². The summed E-state index contributed by atoms with van der Waals surface area (Å²) in [6.07, 6.45) is 4.55. The number of furan rings is 1. The molecule has 0 aliphatic carbocycles. The van der Waals surface area contributed by atoms with Gasteiger partial charge in [-0.1, -0.05) is 29.3 Å². The summed E-state index contributed by atoms with van der Waals surface area (Å²) < 4.78 is 5.22. The third-order valence-electron chi connectivity index (χ3n) is 2.73. The Morgan fingerprint density at radius 3 is 2.55 bits per heavy atom. The molecule has 1 atom stereocenters. The molecule has 2 aromatic rings. The Kier molecular flexibility index (Phi) is 4.88. The number of halogens is 2. The van der Waals surface area contributed by atoms with Gasteiger partial charge in [0.15, 0.2) is 0 Å². The fourth-order valence-electron chi connectivity index (χ4n) is 1.70. The Morgan fingerprint density at radius 2 is 1.95 bits per heavy atom. The average Bonchev–Trinajstić information content (AvgIpc) is 2.92. The molecule has 0 aliphatic heterocycles. The fraction of sp³-hybridized carbons (Fsp3) is 0.133. The molecule has 0 radical (unpaired) electrons. The summed E-state index contributed by atoms with van der Waals surface area (Å²) in [7, 11) is 0. The van der Waals surface area contributed by atoms with E-state index in [-0.39, 0.29) is 11.9 Å². The van der Waals surface area contributed by atoms with Gasteiger partial charge in [-0.25, -0.2) is 0 Å². The predicted molar refractivity (Wildman–Crippen MR) is 80.8 cm³/mol. The third-order valence-corrected chi connectivity index (χ3v) is 3.39. The van der Waals surface area contributed by atoms with Crippen molar-refractivity contribution in [1.82, 2.24) is 5.32 Å². The number of amides is 1. The number of hydrogen-bond donors (Lipinski definition) is 1. The van der Waals surface area contributed by atoms with Crippen molar-refractivity contribution in [3.05, 3.63) is 64.0 Å². The van der Waals surface area contributed by atoms with Gasteiger partial charge >= 0.3 is 0 Å². The maximum Gasteiger partial charge on any atom is 0.244 e. The maximum atomic E-state index is 11.8. The molecule has 0 saturated heterocycles. The van der Waals surface area contributed by atoms with Crippen molar-refractivity contribution in [2.45, 2.75) is 13.0 Å². The molecule has 3 nitrogen and oxygen atoms in total. The molecule has 0 unspecified atom stereocenters. The molecule has 1 aromatic heterocycles. The first-order chi connectivity index (χ1) is 9.58. The summed E-state index contributed by atoms with van der Waals surface area (Å²) in [5.74, 6) is 0.451. The van der Waals surface area contributed by atoms with Gasteiger partial charge in [-0.3, -0.25) is 4.79 Å². The van der Waals surface area contributed by atoms with Crippen LogP contribution < -0.4 is 5.32 Å². The molecule has 1 heterocycles. The van der Waals surface area contributed by atoms with E-state index in [0.717, 1.165) is 0 Å². The summed E-state index contributed by atoms with van der Waals surface area (Å²) in [6.45, 7) is 1.84. The molecule has 1 amide bonds. The second kappa shape index (κ2) is 6.64. The van der Waals surface area contributed by atoms with E-state index in [1.807, 2.05) is 6.92 Å². The van der Waals surface area contributed by atoms with Gasteiger partial charge < -0.3 is 9.73 Å². The Morgan fingerprint density at radius 1 is 1.25 bits per heavy atom. The van der Waals surface area contributed by atoms with Gasteiger partial charge in [0.2, 0.25) is 5.91 Å². The minimum Gasteiger partial charge on any atom is -0.467 e. The Bertz CT molecular complexity index is 601. The topological polar surface area (TPSA) is 42.2 Å². The third kappa shape index (κ3) is 3.65. The zero-order valence-electron chi connectivity index (χ0n) is 10.8. The van der Waals surface area contributed by atoms with Crippen LogP contribution in [0.25, 0.3) is 6.08 Å².